The topological polar surface area (TPSA) is 91.3 Å². The van der Waals surface area contributed by atoms with Gasteiger partial charge < -0.3 is 5.11 Å². The second-order valence-corrected chi connectivity index (χ2v) is 5.76. The molecule has 0 radical (unpaired) electrons. The first-order valence-electron chi connectivity index (χ1n) is 7.72. The number of amides is 2. The van der Waals surface area contributed by atoms with Crippen LogP contribution in [0.3, 0.4) is 0 Å². The number of aryl methyl sites for hydroxylation is 2. The molecule has 0 aliphatic carbocycles. The molecule has 6 heteroatoms. The van der Waals surface area contributed by atoms with Crippen LogP contribution in [0.5, 0.6) is 5.75 Å². The minimum Gasteiger partial charge on any atom is -0.507 e. The predicted octanol–water partition coefficient (Wildman–Crippen LogP) is 2.63. The van der Waals surface area contributed by atoms with Crippen LogP contribution < -0.4 is 10.9 Å². The number of aromatic hydroxyl groups is 1. The first-order valence-corrected chi connectivity index (χ1v) is 7.72. The van der Waals surface area contributed by atoms with Crippen molar-refractivity contribution in [2.45, 2.75) is 13.8 Å². The molecule has 0 spiro atoms. The molecule has 1 aromatic heterocycles. The summed E-state index contributed by atoms with van der Waals surface area (Å²) in [5, 5.41) is 10.5. The molecule has 0 saturated heterocycles. The summed E-state index contributed by atoms with van der Waals surface area (Å²) in [6, 6.07) is 13.6. The third-order valence-electron chi connectivity index (χ3n) is 3.78. The summed E-state index contributed by atoms with van der Waals surface area (Å²) in [4.78, 5) is 29.0. The van der Waals surface area contributed by atoms with Crippen molar-refractivity contribution in [2.75, 3.05) is 0 Å². The minimum atomic E-state index is -0.596. The number of rotatable bonds is 2. The highest BCUT2D eigenvalue weighted by molar-refractivity contribution is 6.07. The maximum atomic E-state index is 12.5. The van der Waals surface area contributed by atoms with Gasteiger partial charge in [-0.1, -0.05) is 24.3 Å². The van der Waals surface area contributed by atoms with Crippen LogP contribution in [0.4, 0.5) is 0 Å². The lowest BCUT2D eigenvalue weighted by atomic mass is 10.1. The molecule has 0 saturated carbocycles. The van der Waals surface area contributed by atoms with E-state index in [1.54, 1.807) is 32.0 Å². The van der Waals surface area contributed by atoms with E-state index in [9.17, 15) is 14.7 Å². The Hall–Kier alpha value is -3.41. The first-order chi connectivity index (χ1) is 12.0. The van der Waals surface area contributed by atoms with E-state index in [1.165, 1.54) is 12.1 Å². The molecule has 0 aliphatic rings. The molecule has 2 aromatic carbocycles. The summed E-state index contributed by atoms with van der Waals surface area (Å²) in [5.41, 5.74) is 7.44. The second kappa shape index (κ2) is 6.60. The Morgan fingerprint density at radius 3 is 2.32 bits per heavy atom. The van der Waals surface area contributed by atoms with Gasteiger partial charge in [-0.05, 0) is 43.7 Å². The third-order valence-corrected chi connectivity index (χ3v) is 3.78. The molecule has 3 aromatic rings. The van der Waals surface area contributed by atoms with Crippen molar-refractivity contribution in [3.05, 3.63) is 70.9 Å². The number of nitrogens with zero attached hydrogens (tertiary/aromatic N) is 1. The number of nitrogens with one attached hydrogen (secondary N) is 2. The highest BCUT2D eigenvalue weighted by Gasteiger charge is 2.15. The number of carbonyl (C=O) groups is 2. The third kappa shape index (κ3) is 3.42. The van der Waals surface area contributed by atoms with E-state index >= 15 is 0 Å². The summed E-state index contributed by atoms with van der Waals surface area (Å²) in [6.45, 7) is 3.60. The number of carbonyl (C=O) groups excluding carboxylic acids is 2. The Morgan fingerprint density at radius 1 is 0.920 bits per heavy atom. The van der Waals surface area contributed by atoms with Crippen molar-refractivity contribution in [1.29, 1.82) is 0 Å². The second-order valence-electron chi connectivity index (χ2n) is 5.76. The molecule has 0 unspecified atom stereocenters. The van der Waals surface area contributed by atoms with Crippen molar-refractivity contribution >= 4 is 22.7 Å². The smallest absolute Gasteiger partial charge is 0.273 e. The maximum Gasteiger partial charge on any atom is 0.273 e. The van der Waals surface area contributed by atoms with Crippen LogP contribution in [0.1, 0.15) is 32.0 Å². The Bertz CT molecular complexity index is 983. The first kappa shape index (κ1) is 16.4. The molecule has 126 valence electrons. The number of benzene rings is 2. The Kier molecular flexibility index (Phi) is 4.35. The highest BCUT2D eigenvalue weighted by atomic mass is 16.3. The van der Waals surface area contributed by atoms with Crippen molar-refractivity contribution < 1.29 is 14.7 Å². The lowest BCUT2D eigenvalue weighted by molar-refractivity contribution is 0.0846. The number of phenolic OH excluding ortho intramolecular Hbond substituents is 1. The van der Waals surface area contributed by atoms with Gasteiger partial charge in [0.25, 0.3) is 11.8 Å². The van der Waals surface area contributed by atoms with E-state index < -0.39 is 11.8 Å². The number of hydrogen-bond donors (Lipinski definition) is 3. The van der Waals surface area contributed by atoms with E-state index in [-0.39, 0.29) is 11.3 Å². The SMILES string of the molecule is Cc1ccc(C(=O)NNC(=O)c2cc(C)nc3ccccc23)c(O)c1. The van der Waals surface area contributed by atoms with Crippen molar-refractivity contribution in [3.8, 4) is 5.75 Å². The van der Waals surface area contributed by atoms with Gasteiger partial charge >= 0.3 is 0 Å². The Labute approximate surface area is 144 Å². The molecular formula is C19H17N3O3. The predicted molar refractivity (Wildman–Crippen MR) is 94.3 cm³/mol. The molecule has 3 N–H and O–H groups in total. The molecule has 2 amide bonds. The number of aromatic nitrogens is 1. The number of pyridine rings is 1. The summed E-state index contributed by atoms with van der Waals surface area (Å²) >= 11 is 0. The van der Waals surface area contributed by atoms with E-state index in [1.807, 2.05) is 18.2 Å². The van der Waals surface area contributed by atoms with E-state index in [0.29, 0.717) is 22.2 Å². The Balaban J connectivity index is 1.80. The van der Waals surface area contributed by atoms with Gasteiger partial charge in [0.05, 0.1) is 16.6 Å². The largest absolute Gasteiger partial charge is 0.507 e. The zero-order valence-electron chi connectivity index (χ0n) is 13.8. The van der Waals surface area contributed by atoms with Gasteiger partial charge in [0.2, 0.25) is 0 Å². The zero-order valence-corrected chi connectivity index (χ0v) is 13.8. The average Bonchev–Trinajstić information content (AvgIpc) is 2.58. The summed E-state index contributed by atoms with van der Waals surface area (Å²) in [7, 11) is 0. The number of hydrogen-bond acceptors (Lipinski definition) is 4. The number of hydrazine groups is 1. The van der Waals surface area contributed by atoms with Gasteiger partial charge in [-0.25, -0.2) is 0 Å². The van der Waals surface area contributed by atoms with Crippen LogP contribution in [0.2, 0.25) is 0 Å². The number of fused-ring (bicyclic) bond motifs is 1. The summed E-state index contributed by atoms with van der Waals surface area (Å²) < 4.78 is 0. The van der Waals surface area contributed by atoms with Crippen molar-refractivity contribution in [1.82, 2.24) is 15.8 Å². The lowest BCUT2D eigenvalue weighted by Gasteiger charge is -2.11. The van der Waals surface area contributed by atoms with Crippen LogP contribution in [0, 0.1) is 13.8 Å². The fraction of sp³-hybridized carbons (Fsp3) is 0.105. The Morgan fingerprint density at radius 2 is 1.60 bits per heavy atom. The average molecular weight is 335 g/mol. The normalized spacial score (nSPS) is 10.5. The standard InChI is InChI=1S/C19H17N3O3/c1-11-7-8-14(17(23)9-11)18(24)21-22-19(25)15-10-12(2)20-16-6-4-3-5-13(15)16/h3-10,23H,1-2H3,(H,21,24)(H,22,25). The van der Waals surface area contributed by atoms with Crippen LogP contribution in [0.25, 0.3) is 10.9 Å². The van der Waals surface area contributed by atoms with Gasteiger partial charge in [-0.15, -0.1) is 0 Å². The highest BCUT2D eigenvalue weighted by Crippen LogP contribution is 2.19. The van der Waals surface area contributed by atoms with Crippen LogP contribution >= 0.6 is 0 Å². The minimum absolute atomic E-state index is 0.0849. The van der Waals surface area contributed by atoms with Crippen LogP contribution in [-0.4, -0.2) is 21.9 Å². The molecule has 0 fully saturated rings. The lowest BCUT2D eigenvalue weighted by Crippen LogP contribution is -2.41. The van der Waals surface area contributed by atoms with Gasteiger partial charge in [-0.3, -0.25) is 25.4 Å². The molecule has 3 rings (SSSR count). The molecule has 0 bridgehead atoms. The van der Waals surface area contributed by atoms with Gasteiger partial charge in [0.15, 0.2) is 0 Å². The van der Waals surface area contributed by atoms with Gasteiger partial charge in [0.1, 0.15) is 5.75 Å². The molecular weight excluding hydrogens is 318 g/mol. The fourth-order valence-corrected chi connectivity index (χ4v) is 2.58. The van der Waals surface area contributed by atoms with E-state index in [2.05, 4.69) is 15.8 Å². The zero-order chi connectivity index (χ0) is 18.0. The summed E-state index contributed by atoms with van der Waals surface area (Å²) in [5.74, 6) is -1.19. The molecule has 0 atom stereocenters. The van der Waals surface area contributed by atoms with Crippen molar-refractivity contribution in [3.63, 3.8) is 0 Å². The van der Waals surface area contributed by atoms with Crippen LogP contribution in [-0.2, 0) is 0 Å². The fourth-order valence-electron chi connectivity index (χ4n) is 2.58. The monoisotopic (exact) mass is 335 g/mol. The molecule has 6 nitrogen and oxygen atoms in total. The number of phenols is 1. The van der Waals surface area contributed by atoms with Crippen LogP contribution in [0.15, 0.2) is 48.5 Å². The quantitative estimate of drug-likeness (QED) is 0.628. The van der Waals surface area contributed by atoms with E-state index in [4.69, 9.17) is 0 Å². The molecule has 25 heavy (non-hydrogen) atoms. The van der Waals surface area contributed by atoms with E-state index in [0.717, 1.165) is 5.56 Å². The number of para-hydroxylation sites is 1. The maximum absolute atomic E-state index is 12.5. The molecule has 1 heterocycles. The molecule has 0 aliphatic heterocycles. The van der Waals surface area contributed by atoms with Crippen molar-refractivity contribution in [2.24, 2.45) is 0 Å². The van der Waals surface area contributed by atoms with Gasteiger partial charge in [-0.2, -0.15) is 0 Å². The van der Waals surface area contributed by atoms with Gasteiger partial charge in [0, 0.05) is 11.1 Å². The summed E-state index contributed by atoms with van der Waals surface area (Å²) in [6.07, 6.45) is 0.